The van der Waals surface area contributed by atoms with Gasteiger partial charge < -0.3 is 10.1 Å². The van der Waals surface area contributed by atoms with E-state index in [0.717, 1.165) is 11.4 Å². The molecule has 0 aromatic carbocycles. The van der Waals surface area contributed by atoms with Crippen LogP contribution >= 0.6 is 0 Å². The van der Waals surface area contributed by atoms with E-state index in [-0.39, 0.29) is 18.6 Å². The molecule has 106 valence electrons. The summed E-state index contributed by atoms with van der Waals surface area (Å²) in [4.78, 5) is 19.8. The lowest BCUT2D eigenvalue weighted by atomic mass is 10.2. The summed E-state index contributed by atoms with van der Waals surface area (Å²) in [5.74, 6) is 0.646. The molecule has 0 fully saturated rings. The van der Waals surface area contributed by atoms with E-state index in [1.165, 1.54) is 0 Å². The van der Waals surface area contributed by atoms with E-state index < -0.39 is 0 Å². The fourth-order valence-corrected chi connectivity index (χ4v) is 1.60. The molecule has 2 aromatic rings. The highest BCUT2D eigenvalue weighted by Gasteiger charge is 2.04. The van der Waals surface area contributed by atoms with E-state index in [2.05, 4.69) is 15.3 Å². The molecular formula is C14H18N4O2. The van der Waals surface area contributed by atoms with Gasteiger partial charge in [-0.15, -0.1) is 0 Å². The number of ether oxygens (including phenoxy) is 1. The van der Waals surface area contributed by atoms with Crippen molar-refractivity contribution in [3.05, 3.63) is 42.6 Å². The van der Waals surface area contributed by atoms with Gasteiger partial charge in [-0.25, -0.2) is 9.97 Å². The maximum Gasteiger partial charge on any atom is 0.246 e. The normalized spacial score (nSPS) is 10.8. The zero-order valence-electron chi connectivity index (χ0n) is 11.6. The minimum absolute atomic E-state index is 0.0505. The Morgan fingerprint density at radius 1 is 1.45 bits per heavy atom. The van der Waals surface area contributed by atoms with Crippen molar-refractivity contribution in [1.29, 1.82) is 0 Å². The van der Waals surface area contributed by atoms with Gasteiger partial charge in [0.25, 0.3) is 0 Å². The van der Waals surface area contributed by atoms with E-state index in [4.69, 9.17) is 4.74 Å². The van der Waals surface area contributed by atoms with Gasteiger partial charge in [-0.05, 0) is 31.5 Å². The zero-order chi connectivity index (χ0) is 14.4. The summed E-state index contributed by atoms with van der Waals surface area (Å²) in [7, 11) is 0. The van der Waals surface area contributed by atoms with E-state index >= 15 is 0 Å². The van der Waals surface area contributed by atoms with Crippen LogP contribution < -0.4 is 5.32 Å². The SMILES string of the molecule is CC(C)OCC(=O)NCc1ccnc(-n2ccnc2)c1. The van der Waals surface area contributed by atoms with E-state index in [0.29, 0.717) is 6.54 Å². The van der Waals surface area contributed by atoms with Crippen LogP contribution in [0.1, 0.15) is 19.4 Å². The predicted molar refractivity (Wildman–Crippen MR) is 74.3 cm³/mol. The molecule has 0 radical (unpaired) electrons. The van der Waals surface area contributed by atoms with Crippen molar-refractivity contribution >= 4 is 5.91 Å². The lowest BCUT2D eigenvalue weighted by Gasteiger charge is -2.09. The topological polar surface area (TPSA) is 69.0 Å². The third-order valence-electron chi connectivity index (χ3n) is 2.62. The Morgan fingerprint density at radius 2 is 2.30 bits per heavy atom. The van der Waals surface area contributed by atoms with E-state index in [1.54, 1.807) is 18.7 Å². The molecule has 0 aliphatic heterocycles. The molecule has 2 rings (SSSR count). The standard InChI is InChI=1S/C14H18N4O2/c1-11(2)20-9-14(19)17-8-12-3-4-16-13(7-12)18-6-5-15-10-18/h3-7,10-11H,8-9H2,1-2H3,(H,17,19). The maximum atomic E-state index is 11.6. The quantitative estimate of drug-likeness (QED) is 0.862. The lowest BCUT2D eigenvalue weighted by molar-refractivity contribution is -0.127. The van der Waals surface area contributed by atoms with Crippen molar-refractivity contribution in [3.63, 3.8) is 0 Å². The number of rotatable bonds is 6. The molecule has 2 aromatic heterocycles. The summed E-state index contributed by atoms with van der Waals surface area (Å²) >= 11 is 0. The average molecular weight is 274 g/mol. The molecule has 20 heavy (non-hydrogen) atoms. The summed E-state index contributed by atoms with van der Waals surface area (Å²) in [6.07, 6.45) is 6.96. The second-order valence-electron chi connectivity index (χ2n) is 4.63. The molecule has 0 atom stereocenters. The number of hydrogen-bond donors (Lipinski definition) is 1. The Balaban J connectivity index is 1.90. The number of aromatic nitrogens is 3. The molecular weight excluding hydrogens is 256 g/mol. The highest BCUT2D eigenvalue weighted by atomic mass is 16.5. The van der Waals surface area contributed by atoms with Crippen LogP contribution in [0.4, 0.5) is 0 Å². The van der Waals surface area contributed by atoms with Gasteiger partial charge in [0.1, 0.15) is 18.8 Å². The van der Waals surface area contributed by atoms with Crippen LogP contribution in [-0.2, 0) is 16.1 Å². The van der Waals surface area contributed by atoms with Crippen LogP contribution in [0.2, 0.25) is 0 Å². The maximum absolute atomic E-state index is 11.6. The first-order chi connectivity index (χ1) is 9.65. The molecule has 0 saturated heterocycles. The number of hydrogen-bond acceptors (Lipinski definition) is 4. The van der Waals surface area contributed by atoms with E-state index in [9.17, 15) is 4.79 Å². The Bertz CT molecular complexity index is 552. The number of amides is 1. The van der Waals surface area contributed by atoms with Gasteiger partial charge in [0.2, 0.25) is 5.91 Å². The van der Waals surface area contributed by atoms with Gasteiger partial charge in [0.05, 0.1) is 6.10 Å². The summed E-state index contributed by atoms with van der Waals surface area (Å²) < 4.78 is 7.05. The molecule has 6 nitrogen and oxygen atoms in total. The third-order valence-corrected chi connectivity index (χ3v) is 2.62. The Kier molecular flexibility index (Phi) is 4.84. The molecule has 2 heterocycles. The first-order valence-electron chi connectivity index (χ1n) is 6.46. The third kappa shape index (κ3) is 4.17. The zero-order valence-corrected chi connectivity index (χ0v) is 11.6. The van der Waals surface area contributed by atoms with Crippen molar-refractivity contribution in [3.8, 4) is 5.82 Å². The summed E-state index contributed by atoms with van der Waals surface area (Å²) in [5.41, 5.74) is 0.974. The van der Waals surface area contributed by atoms with Crippen molar-refractivity contribution in [1.82, 2.24) is 19.9 Å². The minimum Gasteiger partial charge on any atom is -0.369 e. The fraction of sp³-hybridized carbons (Fsp3) is 0.357. The fourth-order valence-electron chi connectivity index (χ4n) is 1.60. The molecule has 0 unspecified atom stereocenters. The van der Waals surface area contributed by atoms with Crippen LogP contribution in [0.15, 0.2) is 37.1 Å². The number of pyridine rings is 1. The van der Waals surface area contributed by atoms with Crippen LogP contribution in [0.3, 0.4) is 0 Å². The first-order valence-corrected chi connectivity index (χ1v) is 6.46. The molecule has 0 aliphatic rings. The van der Waals surface area contributed by atoms with Crippen molar-refractivity contribution < 1.29 is 9.53 Å². The molecule has 1 N–H and O–H groups in total. The first kappa shape index (κ1) is 14.2. The highest BCUT2D eigenvalue weighted by Crippen LogP contribution is 2.06. The number of nitrogens with one attached hydrogen (secondary N) is 1. The van der Waals surface area contributed by atoms with Crippen LogP contribution in [0.25, 0.3) is 5.82 Å². The number of carbonyl (C=O) groups excluding carboxylic acids is 1. The molecule has 1 amide bonds. The molecule has 0 aliphatic carbocycles. The highest BCUT2D eigenvalue weighted by molar-refractivity contribution is 5.77. The van der Waals surface area contributed by atoms with Crippen molar-refractivity contribution in [2.24, 2.45) is 0 Å². The molecule has 0 spiro atoms. The van der Waals surface area contributed by atoms with Gasteiger partial charge >= 0.3 is 0 Å². The Labute approximate surface area is 117 Å². The largest absolute Gasteiger partial charge is 0.369 e. The second kappa shape index (κ2) is 6.81. The van der Waals surface area contributed by atoms with Gasteiger partial charge in [-0.2, -0.15) is 0 Å². The van der Waals surface area contributed by atoms with Crippen LogP contribution in [0.5, 0.6) is 0 Å². The lowest BCUT2D eigenvalue weighted by Crippen LogP contribution is -2.28. The van der Waals surface area contributed by atoms with Gasteiger partial charge in [0, 0.05) is 25.1 Å². The number of nitrogens with zero attached hydrogens (tertiary/aromatic N) is 3. The van der Waals surface area contributed by atoms with Crippen LogP contribution in [0, 0.1) is 0 Å². The summed E-state index contributed by atoms with van der Waals surface area (Å²) in [6, 6.07) is 3.77. The second-order valence-corrected chi connectivity index (χ2v) is 4.63. The summed E-state index contributed by atoms with van der Waals surface area (Å²) in [6.45, 7) is 4.32. The van der Waals surface area contributed by atoms with Crippen molar-refractivity contribution in [2.45, 2.75) is 26.5 Å². The van der Waals surface area contributed by atoms with E-state index in [1.807, 2.05) is 36.7 Å². The number of imidazole rings is 1. The predicted octanol–water partition coefficient (Wildman–Crippen LogP) is 1.31. The molecule has 0 saturated carbocycles. The van der Waals surface area contributed by atoms with Gasteiger partial charge in [-0.1, -0.05) is 0 Å². The molecule has 6 heteroatoms. The summed E-state index contributed by atoms with van der Waals surface area (Å²) in [5, 5.41) is 2.81. The van der Waals surface area contributed by atoms with Crippen LogP contribution in [-0.4, -0.2) is 33.2 Å². The number of carbonyl (C=O) groups is 1. The van der Waals surface area contributed by atoms with Gasteiger partial charge in [-0.3, -0.25) is 9.36 Å². The smallest absolute Gasteiger partial charge is 0.246 e. The Hall–Kier alpha value is -2.21. The Morgan fingerprint density at radius 3 is 3.00 bits per heavy atom. The average Bonchev–Trinajstić information content (AvgIpc) is 2.97. The van der Waals surface area contributed by atoms with Crippen molar-refractivity contribution in [2.75, 3.05) is 6.61 Å². The molecule has 0 bridgehead atoms. The monoisotopic (exact) mass is 274 g/mol. The minimum atomic E-state index is -0.125. The van der Waals surface area contributed by atoms with Gasteiger partial charge in [0.15, 0.2) is 0 Å².